The third-order valence-corrected chi connectivity index (χ3v) is 3.34. The molecule has 1 heterocycles. The molecule has 0 atom stereocenters. The molecule has 0 radical (unpaired) electrons. The number of benzene rings is 1. The molecule has 0 spiro atoms. The van der Waals surface area contributed by atoms with Crippen LogP contribution in [-0.4, -0.2) is 43.0 Å². The lowest BCUT2D eigenvalue weighted by Crippen LogP contribution is -2.58. The minimum atomic E-state index is -1.58. The van der Waals surface area contributed by atoms with Crippen molar-refractivity contribution in [1.82, 2.24) is 10.2 Å². The summed E-state index contributed by atoms with van der Waals surface area (Å²) in [5.74, 6) is -4.70. The zero-order chi connectivity index (χ0) is 14.7. The number of rotatable bonds is 5. The van der Waals surface area contributed by atoms with Gasteiger partial charge in [-0.25, -0.2) is 13.2 Å². The Morgan fingerprint density at radius 3 is 2.60 bits per heavy atom. The first-order chi connectivity index (χ1) is 9.52. The van der Waals surface area contributed by atoms with Crippen LogP contribution in [0.4, 0.5) is 18.9 Å². The quantitative estimate of drug-likeness (QED) is 0.803. The van der Waals surface area contributed by atoms with E-state index in [1.807, 2.05) is 11.8 Å². The largest absolute Gasteiger partial charge is 0.322 e. The maximum Gasteiger partial charge on any atom is 0.238 e. The van der Waals surface area contributed by atoms with Crippen LogP contribution >= 0.6 is 0 Å². The van der Waals surface area contributed by atoms with Gasteiger partial charge in [0.25, 0.3) is 0 Å². The van der Waals surface area contributed by atoms with E-state index in [1.54, 1.807) is 0 Å². The van der Waals surface area contributed by atoms with Crippen LogP contribution in [0.5, 0.6) is 0 Å². The van der Waals surface area contributed by atoms with Crippen molar-refractivity contribution in [2.24, 2.45) is 0 Å². The Morgan fingerprint density at radius 1 is 1.35 bits per heavy atom. The lowest BCUT2D eigenvalue weighted by molar-refractivity contribution is -0.118. The molecule has 110 valence electrons. The van der Waals surface area contributed by atoms with Crippen LogP contribution in [0.3, 0.4) is 0 Å². The maximum absolute atomic E-state index is 13.4. The molecule has 0 aliphatic carbocycles. The second-order valence-electron chi connectivity index (χ2n) is 4.65. The second-order valence-corrected chi connectivity index (χ2v) is 4.65. The van der Waals surface area contributed by atoms with Crippen LogP contribution in [-0.2, 0) is 4.79 Å². The summed E-state index contributed by atoms with van der Waals surface area (Å²) < 4.78 is 39.2. The van der Waals surface area contributed by atoms with Crippen LogP contribution in [0.25, 0.3) is 0 Å². The fourth-order valence-electron chi connectivity index (χ4n) is 2.03. The molecule has 1 aromatic rings. The highest BCUT2D eigenvalue weighted by atomic mass is 19.2. The zero-order valence-electron chi connectivity index (χ0n) is 11.0. The van der Waals surface area contributed by atoms with Crippen LogP contribution in [0, 0.1) is 17.5 Å². The molecule has 1 aliphatic rings. The standard InChI is InChI=1S/C13H16F3N3O/c1-2-19(8-5-17-6-8)7-11(20)18-10-4-3-9(14)12(15)13(10)16/h3-4,8,17H,2,5-7H2,1H3,(H,18,20). The summed E-state index contributed by atoms with van der Waals surface area (Å²) in [5.41, 5.74) is -0.350. The van der Waals surface area contributed by atoms with Crippen LogP contribution in [0.2, 0.25) is 0 Å². The van der Waals surface area contributed by atoms with Gasteiger partial charge in [-0.3, -0.25) is 9.69 Å². The molecule has 0 bridgehead atoms. The van der Waals surface area contributed by atoms with E-state index in [4.69, 9.17) is 0 Å². The molecule has 4 nitrogen and oxygen atoms in total. The van der Waals surface area contributed by atoms with E-state index in [2.05, 4.69) is 10.6 Å². The number of carbonyl (C=O) groups excluding carboxylic acids is 1. The number of amides is 1. The van der Waals surface area contributed by atoms with Crippen molar-refractivity contribution in [2.75, 3.05) is 31.5 Å². The third kappa shape index (κ3) is 3.10. The molecule has 1 aliphatic heterocycles. The Hall–Kier alpha value is -1.60. The number of hydrogen-bond acceptors (Lipinski definition) is 3. The van der Waals surface area contributed by atoms with Crippen molar-refractivity contribution in [3.8, 4) is 0 Å². The van der Waals surface area contributed by atoms with E-state index in [9.17, 15) is 18.0 Å². The van der Waals surface area contributed by atoms with Crippen LogP contribution in [0.15, 0.2) is 12.1 Å². The fraction of sp³-hybridized carbons (Fsp3) is 0.462. The number of nitrogens with zero attached hydrogens (tertiary/aromatic N) is 1. The topological polar surface area (TPSA) is 44.4 Å². The summed E-state index contributed by atoms with van der Waals surface area (Å²) in [4.78, 5) is 13.8. The van der Waals surface area contributed by atoms with Crippen molar-refractivity contribution < 1.29 is 18.0 Å². The lowest BCUT2D eigenvalue weighted by atomic mass is 10.1. The molecule has 1 amide bonds. The first-order valence-electron chi connectivity index (χ1n) is 6.41. The van der Waals surface area contributed by atoms with E-state index in [0.29, 0.717) is 6.54 Å². The smallest absolute Gasteiger partial charge is 0.238 e. The molecule has 1 aromatic carbocycles. The molecule has 2 N–H and O–H groups in total. The minimum Gasteiger partial charge on any atom is -0.322 e. The van der Waals surface area contributed by atoms with Gasteiger partial charge < -0.3 is 10.6 Å². The molecule has 0 saturated carbocycles. The maximum atomic E-state index is 13.4. The highest BCUT2D eigenvalue weighted by molar-refractivity contribution is 5.92. The zero-order valence-corrected chi connectivity index (χ0v) is 11.0. The number of anilines is 1. The Labute approximate surface area is 114 Å². The summed E-state index contributed by atoms with van der Waals surface area (Å²) in [7, 11) is 0. The summed E-state index contributed by atoms with van der Waals surface area (Å²) >= 11 is 0. The van der Waals surface area contributed by atoms with Crippen molar-refractivity contribution >= 4 is 11.6 Å². The number of hydrogen-bond donors (Lipinski definition) is 2. The summed E-state index contributed by atoms with van der Waals surface area (Å²) in [5, 5.41) is 5.36. The monoisotopic (exact) mass is 287 g/mol. The van der Waals surface area contributed by atoms with E-state index in [1.165, 1.54) is 0 Å². The molecular weight excluding hydrogens is 271 g/mol. The fourth-order valence-corrected chi connectivity index (χ4v) is 2.03. The SMILES string of the molecule is CCN(CC(=O)Nc1ccc(F)c(F)c1F)C1CNC1. The highest BCUT2D eigenvalue weighted by Crippen LogP contribution is 2.19. The van der Waals surface area contributed by atoms with Crippen molar-refractivity contribution in [3.63, 3.8) is 0 Å². The van der Waals surface area contributed by atoms with Crippen LogP contribution in [0.1, 0.15) is 6.92 Å². The Kier molecular flexibility index (Phi) is 4.61. The predicted octanol–water partition coefficient (Wildman–Crippen LogP) is 1.34. The van der Waals surface area contributed by atoms with Gasteiger partial charge >= 0.3 is 0 Å². The molecular formula is C13H16F3N3O. The van der Waals surface area contributed by atoms with Crippen LogP contribution < -0.4 is 10.6 Å². The van der Waals surface area contributed by atoms with E-state index in [0.717, 1.165) is 25.2 Å². The first kappa shape index (κ1) is 14.8. The van der Waals surface area contributed by atoms with Gasteiger partial charge in [0.2, 0.25) is 5.91 Å². The average molecular weight is 287 g/mol. The van der Waals surface area contributed by atoms with Gasteiger partial charge in [0.05, 0.1) is 12.2 Å². The molecule has 1 saturated heterocycles. The third-order valence-electron chi connectivity index (χ3n) is 3.34. The Bertz CT molecular complexity index is 506. The van der Waals surface area contributed by atoms with Crippen molar-refractivity contribution in [3.05, 3.63) is 29.6 Å². The first-order valence-corrected chi connectivity index (χ1v) is 6.41. The molecule has 0 unspecified atom stereocenters. The van der Waals surface area contributed by atoms with Crippen molar-refractivity contribution in [2.45, 2.75) is 13.0 Å². The van der Waals surface area contributed by atoms with Gasteiger partial charge in [0, 0.05) is 19.1 Å². The normalized spacial score (nSPS) is 15.2. The van der Waals surface area contributed by atoms with E-state index >= 15 is 0 Å². The van der Waals surface area contributed by atoms with Crippen molar-refractivity contribution in [1.29, 1.82) is 0 Å². The van der Waals surface area contributed by atoms with Gasteiger partial charge in [0.1, 0.15) is 0 Å². The highest BCUT2D eigenvalue weighted by Gasteiger charge is 2.25. The Morgan fingerprint density at radius 2 is 2.05 bits per heavy atom. The Balaban J connectivity index is 1.99. The van der Waals surface area contributed by atoms with Gasteiger partial charge in [-0.1, -0.05) is 6.92 Å². The molecule has 7 heteroatoms. The summed E-state index contributed by atoms with van der Waals surface area (Å²) in [6.07, 6.45) is 0. The summed E-state index contributed by atoms with van der Waals surface area (Å²) in [6, 6.07) is 2.06. The number of nitrogens with one attached hydrogen (secondary N) is 2. The van der Waals surface area contributed by atoms with Gasteiger partial charge in [0.15, 0.2) is 17.5 Å². The predicted molar refractivity (Wildman–Crippen MR) is 68.9 cm³/mol. The second kappa shape index (κ2) is 6.23. The molecule has 20 heavy (non-hydrogen) atoms. The molecule has 1 fully saturated rings. The van der Waals surface area contributed by atoms with Gasteiger partial charge in [-0.2, -0.15) is 0 Å². The average Bonchev–Trinajstić information content (AvgIpc) is 2.36. The molecule has 0 aromatic heterocycles. The van der Waals surface area contributed by atoms with Gasteiger partial charge in [-0.05, 0) is 18.7 Å². The van der Waals surface area contributed by atoms with E-state index < -0.39 is 23.4 Å². The number of likely N-dealkylation sites (N-methyl/N-ethyl adjacent to an activating group) is 1. The number of halogens is 3. The summed E-state index contributed by atoms with van der Waals surface area (Å²) in [6.45, 7) is 4.30. The minimum absolute atomic E-state index is 0.0846. The molecule has 2 rings (SSSR count). The van der Waals surface area contributed by atoms with Gasteiger partial charge in [-0.15, -0.1) is 0 Å². The van der Waals surface area contributed by atoms with E-state index in [-0.39, 0.29) is 18.3 Å². The lowest BCUT2D eigenvalue weighted by Gasteiger charge is -2.37. The number of carbonyl (C=O) groups is 1.